The summed E-state index contributed by atoms with van der Waals surface area (Å²) in [6.07, 6.45) is 6.29. The number of aromatic nitrogens is 1. The summed E-state index contributed by atoms with van der Waals surface area (Å²) in [6.45, 7) is 0.202. The predicted octanol–water partition coefficient (Wildman–Crippen LogP) is 3.71. The number of hydrogen-bond acceptors (Lipinski definition) is 5. The van der Waals surface area contributed by atoms with E-state index in [1.165, 1.54) is 6.08 Å². The summed E-state index contributed by atoms with van der Waals surface area (Å²) in [6, 6.07) is 15.5. The van der Waals surface area contributed by atoms with Crippen molar-refractivity contribution in [3.8, 4) is 11.5 Å². The molecule has 0 bridgehead atoms. The average Bonchev–Trinajstić information content (AvgIpc) is 3.21. The van der Waals surface area contributed by atoms with Gasteiger partial charge in [-0.15, -0.1) is 0 Å². The highest BCUT2D eigenvalue weighted by atomic mass is 16.7. The molecule has 4 rings (SSSR count). The Hall–Kier alpha value is -4.13. The number of carbonyl (C=O) groups is 2. The normalized spacial score (nSPS) is 12.0. The molecule has 0 atom stereocenters. The van der Waals surface area contributed by atoms with E-state index in [1.807, 2.05) is 6.07 Å². The van der Waals surface area contributed by atoms with Gasteiger partial charge in [0.05, 0.1) is 0 Å². The van der Waals surface area contributed by atoms with E-state index >= 15 is 0 Å². The van der Waals surface area contributed by atoms with Crippen LogP contribution in [0.3, 0.4) is 0 Å². The van der Waals surface area contributed by atoms with Gasteiger partial charge in [-0.05, 0) is 54.1 Å². The Bertz CT molecular complexity index is 1080. The molecule has 1 aliphatic rings. The molecule has 2 N–H and O–H groups in total. The highest BCUT2D eigenvalue weighted by Gasteiger charge is 2.12. The van der Waals surface area contributed by atoms with Crippen LogP contribution in [-0.2, 0) is 4.79 Å². The zero-order valence-electron chi connectivity index (χ0n) is 15.3. The van der Waals surface area contributed by atoms with Gasteiger partial charge in [-0.25, -0.2) is 0 Å². The summed E-state index contributed by atoms with van der Waals surface area (Å²) < 4.78 is 10.6. The SMILES string of the molecule is O=C(C=Cc1ccc2c(c1)OCO2)Nc1cccc(C(=O)Nc2ccncc2)c1. The van der Waals surface area contributed by atoms with E-state index in [0.717, 1.165) is 5.56 Å². The number of amides is 2. The maximum Gasteiger partial charge on any atom is 0.255 e. The molecule has 1 aliphatic heterocycles. The molecule has 2 amide bonds. The molecule has 7 heteroatoms. The fraction of sp³-hybridized carbons (Fsp3) is 0.0455. The Balaban J connectivity index is 1.39. The van der Waals surface area contributed by atoms with Crippen LogP contribution in [-0.4, -0.2) is 23.6 Å². The Morgan fingerprint density at radius 2 is 1.72 bits per heavy atom. The lowest BCUT2D eigenvalue weighted by molar-refractivity contribution is -0.111. The second kappa shape index (κ2) is 8.26. The van der Waals surface area contributed by atoms with Crippen molar-refractivity contribution in [1.82, 2.24) is 4.98 Å². The number of carbonyl (C=O) groups excluding carboxylic acids is 2. The summed E-state index contributed by atoms with van der Waals surface area (Å²) >= 11 is 0. The highest BCUT2D eigenvalue weighted by Crippen LogP contribution is 2.32. The number of nitrogens with one attached hydrogen (secondary N) is 2. The molecule has 0 saturated carbocycles. The number of fused-ring (bicyclic) bond motifs is 1. The predicted molar refractivity (Wildman–Crippen MR) is 109 cm³/mol. The fourth-order valence-corrected chi connectivity index (χ4v) is 2.75. The number of anilines is 2. The lowest BCUT2D eigenvalue weighted by Crippen LogP contribution is -2.13. The van der Waals surface area contributed by atoms with Gasteiger partial charge in [0.1, 0.15) is 0 Å². The molecule has 7 nitrogen and oxygen atoms in total. The van der Waals surface area contributed by atoms with E-state index < -0.39 is 0 Å². The van der Waals surface area contributed by atoms with Gasteiger partial charge in [-0.1, -0.05) is 12.1 Å². The average molecular weight is 387 g/mol. The molecule has 0 fully saturated rings. The maximum absolute atomic E-state index is 12.4. The molecule has 0 spiro atoms. The van der Waals surface area contributed by atoms with Crippen LogP contribution in [0.15, 0.2) is 73.1 Å². The third-order valence-electron chi connectivity index (χ3n) is 4.15. The summed E-state index contributed by atoms with van der Waals surface area (Å²) in [5.74, 6) is 0.756. The van der Waals surface area contributed by atoms with Crippen molar-refractivity contribution < 1.29 is 19.1 Å². The Morgan fingerprint density at radius 1 is 0.897 bits per heavy atom. The van der Waals surface area contributed by atoms with Gasteiger partial charge < -0.3 is 20.1 Å². The molecule has 2 heterocycles. The van der Waals surface area contributed by atoms with Gasteiger partial charge in [0.15, 0.2) is 11.5 Å². The summed E-state index contributed by atoms with van der Waals surface area (Å²) in [5, 5.41) is 5.53. The smallest absolute Gasteiger partial charge is 0.255 e. The van der Waals surface area contributed by atoms with E-state index in [4.69, 9.17) is 9.47 Å². The van der Waals surface area contributed by atoms with Gasteiger partial charge in [0, 0.05) is 35.4 Å². The Kier molecular flexibility index (Phi) is 5.20. The number of nitrogens with zero attached hydrogens (tertiary/aromatic N) is 1. The molecular formula is C22H17N3O4. The molecule has 0 saturated heterocycles. The van der Waals surface area contributed by atoms with Gasteiger partial charge in [0.2, 0.25) is 12.7 Å². The minimum atomic E-state index is -0.311. The molecule has 2 aromatic carbocycles. The molecular weight excluding hydrogens is 370 g/mol. The lowest BCUT2D eigenvalue weighted by Gasteiger charge is -2.07. The van der Waals surface area contributed by atoms with E-state index in [0.29, 0.717) is 28.4 Å². The largest absolute Gasteiger partial charge is 0.454 e. The third-order valence-corrected chi connectivity index (χ3v) is 4.15. The van der Waals surface area contributed by atoms with Crippen LogP contribution >= 0.6 is 0 Å². The minimum Gasteiger partial charge on any atom is -0.454 e. The fourth-order valence-electron chi connectivity index (χ4n) is 2.75. The molecule has 0 radical (unpaired) electrons. The van der Waals surface area contributed by atoms with E-state index in [-0.39, 0.29) is 18.6 Å². The third kappa shape index (κ3) is 4.59. The van der Waals surface area contributed by atoms with Crippen molar-refractivity contribution in [3.63, 3.8) is 0 Å². The highest BCUT2D eigenvalue weighted by molar-refractivity contribution is 6.06. The molecule has 3 aromatic rings. The summed E-state index contributed by atoms with van der Waals surface area (Å²) in [4.78, 5) is 28.5. The first-order chi connectivity index (χ1) is 14.2. The Labute approximate surface area is 167 Å². The second-order valence-electron chi connectivity index (χ2n) is 6.21. The van der Waals surface area contributed by atoms with Gasteiger partial charge in [-0.3, -0.25) is 14.6 Å². The monoisotopic (exact) mass is 387 g/mol. The van der Waals surface area contributed by atoms with Crippen molar-refractivity contribution >= 4 is 29.3 Å². The minimum absolute atomic E-state index is 0.202. The molecule has 0 aliphatic carbocycles. The van der Waals surface area contributed by atoms with Gasteiger partial charge in [0.25, 0.3) is 5.91 Å². The van der Waals surface area contributed by atoms with Gasteiger partial charge >= 0.3 is 0 Å². The number of hydrogen-bond donors (Lipinski definition) is 2. The second-order valence-corrected chi connectivity index (χ2v) is 6.21. The topological polar surface area (TPSA) is 89.5 Å². The van der Waals surface area contributed by atoms with E-state index in [9.17, 15) is 9.59 Å². The van der Waals surface area contributed by atoms with Crippen molar-refractivity contribution in [3.05, 3.63) is 84.2 Å². The van der Waals surface area contributed by atoms with Crippen LogP contribution < -0.4 is 20.1 Å². The standard InChI is InChI=1S/C22H17N3O4/c26-21(7-5-15-4-6-19-20(12-15)29-14-28-19)24-18-3-1-2-16(13-18)22(27)25-17-8-10-23-11-9-17/h1-13H,14H2,(H,24,26)(H,23,25,27). The number of ether oxygens (including phenoxy) is 2. The van der Waals surface area contributed by atoms with Crippen molar-refractivity contribution in [2.75, 3.05) is 17.4 Å². The summed E-state index contributed by atoms with van der Waals surface area (Å²) in [7, 11) is 0. The van der Waals surface area contributed by atoms with Crippen LogP contribution in [0.25, 0.3) is 6.08 Å². The molecule has 29 heavy (non-hydrogen) atoms. The first kappa shape index (κ1) is 18.2. The molecule has 0 unspecified atom stereocenters. The number of benzene rings is 2. The first-order valence-corrected chi connectivity index (χ1v) is 8.87. The molecule has 144 valence electrons. The zero-order chi connectivity index (χ0) is 20.1. The van der Waals surface area contributed by atoms with Crippen LogP contribution in [0.2, 0.25) is 0 Å². The van der Waals surface area contributed by atoms with Gasteiger partial charge in [-0.2, -0.15) is 0 Å². The maximum atomic E-state index is 12.4. The lowest BCUT2D eigenvalue weighted by atomic mass is 10.1. The van der Waals surface area contributed by atoms with Crippen molar-refractivity contribution in [1.29, 1.82) is 0 Å². The summed E-state index contributed by atoms with van der Waals surface area (Å²) in [5.41, 5.74) is 2.41. The van der Waals surface area contributed by atoms with Crippen LogP contribution in [0, 0.1) is 0 Å². The quantitative estimate of drug-likeness (QED) is 0.652. The van der Waals surface area contributed by atoms with Crippen LogP contribution in [0.5, 0.6) is 11.5 Å². The Morgan fingerprint density at radius 3 is 2.59 bits per heavy atom. The number of pyridine rings is 1. The molecule has 1 aromatic heterocycles. The van der Waals surface area contributed by atoms with Crippen LogP contribution in [0.1, 0.15) is 15.9 Å². The van der Waals surface area contributed by atoms with Crippen molar-refractivity contribution in [2.45, 2.75) is 0 Å². The van der Waals surface area contributed by atoms with E-state index in [1.54, 1.807) is 67.0 Å². The van der Waals surface area contributed by atoms with E-state index in [2.05, 4.69) is 15.6 Å². The first-order valence-electron chi connectivity index (χ1n) is 8.87. The zero-order valence-corrected chi connectivity index (χ0v) is 15.3. The van der Waals surface area contributed by atoms with Crippen molar-refractivity contribution in [2.24, 2.45) is 0 Å². The number of rotatable bonds is 5. The van der Waals surface area contributed by atoms with Crippen LogP contribution in [0.4, 0.5) is 11.4 Å².